The van der Waals surface area contributed by atoms with Crippen molar-refractivity contribution in [2.45, 2.75) is 0 Å². The predicted molar refractivity (Wildman–Crippen MR) is 48.6 cm³/mol. The summed E-state index contributed by atoms with van der Waals surface area (Å²) in [6.45, 7) is 0.344. The molecule has 0 aromatic heterocycles. The molecule has 0 aliphatic carbocycles. The molecule has 0 aliphatic rings. The molecule has 0 saturated heterocycles. The fraction of sp³-hybridized carbons (Fsp3) is 0.333. The molecule has 1 amide bonds. The Morgan fingerprint density at radius 2 is 2.27 bits per heavy atom. The minimum absolute atomic E-state index is 0.155. The van der Waals surface area contributed by atoms with E-state index >= 15 is 0 Å². The Kier molecular flexibility index (Phi) is 5.81. The van der Waals surface area contributed by atoms with Crippen LogP contribution in [0.5, 0.6) is 0 Å². The molecular weight excluding hydrogens is 261 g/mol. The molecule has 5 heteroatoms. The molecule has 0 aromatic rings. The number of nitrogens with one attached hydrogen (secondary N) is 1. The van der Waals surface area contributed by atoms with Crippen LogP contribution >= 0.6 is 22.6 Å². The topological polar surface area (TPSA) is 55.4 Å². The molecule has 62 valence electrons. The van der Waals surface area contributed by atoms with Gasteiger partial charge in [-0.25, -0.2) is 4.79 Å². The monoisotopic (exact) mass is 269 g/mol. The summed E-state index contributed by atoms with van der Waals surface area (Å²) in [6.07, 6.45) is 2.77. The zero-order chi connectivity index (χ0) is 8.69. The van der Waals surface area contributed by atoms with Gasteiger partial charge in [0.05, 0.1) is 7.11 Å². The highest BCUT2D eigenvalue weighted by atomic mass is 127. The lowest BCUT2D eigenvalue weighted by atomic mass is 10.5. The van der Waals surface area contributed by atoms with E-state index in [2.05, 4.69) is 10.1 Å². The van der Waals surface area contributed by atoms with Crippen molar-refractivity contribution in [2.24, 2.45) is 0 Å². The van der Waals surface area contributed by atoms with Crippen molar-refractivity contribution in [3.05, 3.63) is 12.2 Å². The highest BCUT2D eigenvalue weighted by Crippen LogP contribution is 1.82. The number of rotatable bonds is 3. The third kappa shape index (κ3) is 7.31. The summed E-state index contributed by atoms with van der Waals surface area (Å²) in [5, 5.41) is 2.48. The first-order valence-corrected chi connectivity index (χ1v) is 3.92. The quantitative estimate of drug-likeness (QED) is 0.272. The standard InChI is InChI=1S/C6H8INO3/c1-11-5(9)3-2-4-8-6(7)10/h2-3H,4H2,1H3,(H,8,10)/b3-2+. The molecule has 0 heterocycles. The first-order chi connectivity index (χ1) is 5.16. The Morgan fingerprint density at radius 1 is 1.64 bits per heavy atom. The third-order valence-corrected chi connectivity index (χ3v) is 1.20. The Bertz CT molecular complexity index is 179. The number of esters is 1. The van der Waals surface area contributed by atoms with Crippen LogP contribution in [0.15, 0.2) is 12.2 Å². The highest BCUT2D eigenvalue weighted by molar-refractivity contribution is 14.1. The lowest BCUT2D eigenvalue weighted by Crippen LogP contribution is -2.15. The minimum atomic E-state index is -0.423. The van der Waals surface area contributed by atoms with Crippen LogP contribution in [0.2, 0.25) is 0 Å². The number of halogens is 1. The van der Waals surface area contributed by atoms with E-state index in [1.54, 1.807) is 22.6 Å². The number of carbonyl (C=O) groups is 2. The summed E-state index contributed by atoms with van der Waals surface area (Å²) in [5.74, 6) is -0.423. The average Bonchev–Trinajstić information content (AvgIpc) is 1.97. The number of hydrogen-bond acceptors (Lipinski definition) is 3. The molecule has 0 aliphatic heterocycles. The van der Waals surface area contributed by atoms with Gasteiger partial charge in [-0.15, -0.1) is 0 Å². The smallest absolute Gasteiger partial charge is 0.330 e. The molecule has 0 bridgehead atoms. The Balaban J connectivity index is 3.45. The van der Waals surface area contributed by atoms with Crippen molar-refractivity contribution in [1.82, 2.24) is 5.32 Å². The number of carbonyl (C=O) groups excluding carboxylic acids is 2. The molecule has 0 rings (SSSR count). The van der Waals surface area contributed by atoms with Crippen molar-refractivity contribution >= 4 is 32.5 Å². The van der Waals surface area contributed by atoms with Gasteiger partial charge in [0.25, 0.3) is 3.91 Å². The maximum atomic E-state index is 10.4. The molecule has 0 unspecified atom stereocenters. The van der Waals surface area contributed by atoms with E-state index in [1.807, 2.05) is 0 Å². The largest absolute Gasteiger partial charge is 0.466 e. The zero-order valence-corrected chi connectivity index (χ0v) is 8.12. The van der Waals surface area contributed by atoms with Crippen LogP contribution in [0, 0.1) is 0 Å². The molecule has 11 heavy (non-hydrogen) atoms. The van der Waals surface area contributed by atoms with E-state index in [0.717, 1.165) is 0 Å². The summed E-state index contributed by atoms with van der Waals surface area (Å²) in [7, 11) is 1.30. The van der Waals surface area contributed by atoms with Crippen molar-refractivity contribution in [2.75, 3.05) is 13.7 Å². The Labute approximate surface area is 78.1 Å². The highest BCUT2D eigenvalue weighted by Gasteiger charge is 1.90. The summed E-state index contributed by atoms with van der Waals surface area (Å²) < 4.78 is 4.16. The molecule has 0 spiro atoms. The van der Waals surface area contributed by atoms with Gasteiger partial charge in [0, 0.05) is 35.2 Å². The molecule has 0 atom stereocenters. The molecule has 0 aromatic carbocycles. The molecule has 1 N–H and O–H groups in total. The number of amides is 1. The Morgan fingerprint density at radius 3 is 2.73 bits per heavy atom. The van der Waals surface area contributed by atoms with E-state index in [0.29, 0.717) is 6.54 Å². The van der Waals surface area contributed by atoms with Gasteiger partial charge < -0.3 is 10.1 Å². The summed E-state index contributed by atoms with van der Waals surface area (Å²) in [6, 6.07) is 0. The van der Waals surface area contributed by atoms with Crippen LogP contribution in [0.4, 0.5) is 4.79 Å². The number of ether oxygens (including phenoxy) is 1. The van der Waals surface area contributed by atoms with Crippen LogP contribution in [0.1, 0.15) is 0 Å². The van der Waals surface area contributed by atoms with Crippen LogP contribution in [-0.2, 0) is 9.53 Å². The van der Waals surface area contributed by atoms with Gasteiger partial charge in [-0.05, 0) is 0 Å². The van der Waals surface area contributed by atoms with Gasteiger partial charge in [-0.3, -0.25) is 4.79 Å². The minimum Gasteiger partial charge on any atom is -0.466 e. The van der Waals surface area contributed by atoms with Gasteiger partial charge >= 0.3 is 5.97 Å². The van der Waals surface area contributed by atoms with Gasteiger partial charge in [0.1, 0.15) is 0 Å². The fourth-order valence-corrected chi connectivity index (χ4v) is 0.583. The molecule has 0 radical (unpaired) electrons. The van der Waals surface area contributed by atoms with Gasteiger partial charge in [-0.1, -0.05) is 6.08 Å². The molecule has 4 nitrogen and oxygen atoms in total. The van der Waals surface area contributed by atoms with Crippen LogP contribution in [0.25, 0.3) is 0 Å². The van der Waals surface area contributed by atoms with Crippen LogP contribution in [0.3, 0.4) is 0 Å². The van der Waals surface area contributed by atoms with Crippen molar-refractivity contribution in [3.63, 3.8) is 0 Å². The second-order valence-electron chi connectivity index (χ2n) is 1.58. The number of hydrogen-bond donors (Lipinski definition) is 1. The number of methoxy groups -OCH3 is 1. The normalized spacial score (nSPS) is 9.64. The van der Waals surface area contributed by atoms with E-state index in [4.69, 9.17) is 0 Å². The summed E-state index contributed by atoms with van der Waals surface area (Å²) in [4.78, 5) is 20.7. The van der Waals surface area contributed by atoms with E-state index in [-0.39, 0.29) is 3.91 Å². The van der Waals surface area contributed by atoms with E-state index < -0.39 is 5.97 Å². The maximum absolute atomic E-state index is 10.4. The van der Waals surface area contributed by atoms with Crippen molar-refractivity contribution < 1.29 is 14.3 Å². The summed E-state index contributed by atoms with van der Waals surface area (Å²) >= 11 is 1.61. The van der Waals surface area contributed by atoms with Crippen LogP contribution < -0.4 is 5.32 Å². The van der Waals surface area contributed by atoms with E-state index in [1.165, 1.54) is 19.3 Å². The second-order valence-corrected chi connectivity index (χ2v) is 2.56. The van der Waals surface area contributed by atoms with Crippen LogP contribution in [-0.4, -0.2) is 23.5 Å². The van der Waals surface area contributed by atoms with Gasteiger partial charge in [-0.2, -0.15) is 0 Å². The molecule has 0 fully saturated rings. The lowest BCUT2D eigenvalue weighted by molar-refractivity contribution is -0.134. The zero-order valence-electron chi connectivity index (χ0n) is 5.96. The SMILES string of the molecule is COC(=O)/C=C/CNC(=O)I. The van der Waals surface area contributed by atoms with Crippen molar-refractivity contribution in [1.29, 1.82) is 0 Å². The third-order valence-electron chi connectivity index (χ3n) is 0.814. The Hall–Kier alpha value is -0.590. The summed E-state index contributed by atoms with van der Waals surface area (Å²) in [5.41, 5.74) is 0. The van der Waals surface area contributed by atoms with E-state index in [9.17, 15) is 9.59 Å². The lowest BCUT2D eigenvalue weighted by Gasteiger charge is -1.92. The molecular formula is C6H8INO3. The fourth-order valence-electron chi connectivity index (χ4n) is 0.362. The first kappa shape index (κ1) is 10.4. The maximum Gasteiger partial charge on any atom is 0.330 e. The van der Waals surface area contributed by atoms with Crippen molar-refractivity contribution in [3.8, 4) is 0 Å². The predicted octanol–water partition coefficient (Wildman–Crippen LogP) is 0.860. The van der Waals surface area contributed by atoms with Gasteiger partial charge in [0.2, 0.25) is 0 Å². The second kappa shape index (κ2) is 6.14. The first-order valence-electron chi connectivity index (χ1n) is 2.84. The molecule has 0 saturated carbocycles. The average molecular weight is 269 g/mol. The van der Waals surface area contributed by atoms with Gasteiger partial charge in [0.15, 0.2) is 0 Å².